The number of carbonyl (C=O) groups is 1. The maximum atomic E-state index is 12.1. The summed E-state index contributed by atoms with van der Waals surface area (Å²) in [6.07, 6.45) is 4.12. The first kappa shape index (κ1) is 12.3. The van der Waals surface area contributed by atoms with Crippen LogP contribution >= 0.6 is 0 Å². The highest BCUT2D eigenvalue weighted by Gasteiger charge is 2.43. The predicted molar refractivity (Wildman–Crippen MR) is 71.0 cm³/mol. The number of hydrogen-bond acceptors (Lipinski definition) is 1. The Morgan fingerprint density at radius 3 is 2.47 bits per heavy atom. The van der Waals surface area contributed by atoms with Gasteiger partial charge in [-0.25, -0.2) is 0 Å². The Hall–Kier alpha value is -1.11. The molecule has 0 saturated heterocycles. The lowest BCUT2D eigenvalue weighted by Gasteiger charge is -2.10. The van der Waals surface area contributed by atoms with Gasteiger partial charge in [0.1, 0.15) is 5.78 Å². The molecule has 2 atom stereocenters. The van der Waals surface area contributed by atoms with Gasteiger partial charge in [0.25, 0.3) is 0 Å². The minimum Gasteiger partial charge on any atom is -0.299 e. The summed E-state index contributed by atoms with van der Waals surface area (Å²) in [6, 6.07) is 10.5. The Balaban J connectivity index is 1.88. The van der Waals surface area contributed by atoms with E-state index in [1.54, 1.807) is 0 Å². The molecular formula is C16H22O. The van der Waals surface area contributed by atoms with Crippen LogP contribution in [-0.2, 0) is 4.79 Å². The van der Waals surface area contributed by atoms with Crippen LogP contribution in [0, 0.1) is 11.8 Å². The van der Waals surface area contributed by atoms with Gasteiger partial charge in [0.15, 0.2) is 0 Å². The highest BCUT2D eigenvalue weighted by atomic mass is 16.1. The van der Waals surface area contributed by atoms with E-state index in [0.29, 0.717) is 23.5 Å². The first-order valence-corrected chi connectivity index (χ1v) is 6.83. The van der Waals surface area contributed by atoms with Crippen LogP contribution in [-0.4, -0.2) is 5.78 Å². The molecule has 0 aromatic heterocycles. The van der Waals surface area contributed by atoms with Crippen LogP contribution in [0.3, 0.4) is 0 Å². The van der Waals surface area contributed by atoms with E-state index in [-0.39, 0.29) is 0 Å². The Kier molecular flexibility index (Phi) is 3.98. The number of Topliss-reactive ketones (excluding diaryl/α,β-unsaturated/α-hetero) is 1. The van der Waals surface area contributed by atoms with Crippen molar-refractivity contribution in [2.75, 3.05) is 0 Å². The Labute approximate surface area is 104 Å². The molecule has 0 bridgehead atoms. The summed E-state index contributed by atoms with van der Waals surface area (Å²) < 4.78 is 0. The Morgan fingerprint density at radius 1 is 1.24 bits per heavy atom. The first-order chi connectivity index (χ1) is 8.26. The number of hydrogen-bond donors (Lipinski definition) is 0. The summed E-state index contributed by atoms with van der Waals surface area (Å²) >= 11 is 0. The van der Waals surface area contributed by atoms with Gasteiger partial charge in [0.05, 0.1) is 0 Å². The summed E-state index contributed by atoms with van der Waals surface area (Å²) in [5.41, 5.74) is 1.34. The van der Waals surface area contributed by atoms with Crippen LogP contribution in [0.4, 0.5) is 0 Å². The van der Waals surface area contributed by atoms with Crippen LogP contribution in [0.1, 0.15) is 51.0 Å². The molecule has 1 aromatic rings. The second-order valence-electron chi connectivity index (χ2n) is 5.21. The summed E-state index contributed by atoms with van der Waals surface area (Å²) in [7, 11) is 0. The average Bonchev–Trinajstić information content (AvgIpc) is 3.17. The van der Waals surface area contributed by atoms with E-state index >= 15 is 0 Å². The smallest absolute Gasteiger partial charge is 0.136 e. The lowest BCUT2D eigenvalue weighted by molar-refractivity contribution is -0.121. The summed E-state index contributed by atoms with van der Waals surface area (Å²) in [6.45, 7) is 4.37. The Morgan fingerprint density at radius 2 is 1.88 bits per heavy atom. The van der Waals surface area contributed by atoms with Crippen LogP contribution in [0.25, 0.3) is 0 Å². The standard InChI is InChI=1S/C16H22O/c1-3-12(4-2)10-16(17)15-11-14(15)13-8-6-5-7-9-13/h5-9,12,14-15H,3-4,10-11H2,1-2H3. The predicted octanol–water partition coefficient (Wildman–Crippen LogP) is 4.19. The molecule has 0 aliphatic heterocycles. The molecule has 0 spiro atoms. The maximum Gasteiger partial charge on any atom is 0.136 e. The zero-order valence-corrected chi connectivity index (χ0v) is 10.9. The van der Waals surface area contributed by atoms with E-state index in [0.717, 1.165) is 25.7 Å². The van der Waals surface area contributed by atoms with E-state index < -0.39 is 0 Å². The van der Waals surface area contributed by atoms with E-state index in [1.165, 1.54) is 5.56 Å². The van der Waals surface area contributed by atoms with Crippen molar-refractivity contribution in [2.45, 2.75) is 45.4 Å². The molecule has 0 amide bonds. The van der Waals surface area contributed by atoms with Gasteiger partial charge in [-0.15, -0.1) is 0 Å². The molecule has 2 rings (SSSR count). The molecule has 1 heteroatoms. The van der Waals surface area contributed by atoms with Gasteiger partial charge >= 0.3 is 0 Å². The summed E-state index contributed by atoms with van der Waals surface area (Å²) in [5.74, 6) is 1.92. The number of benzene rings is 1. The van der Waals surface area contributed by atoms with E-state index in [4.69, 9.17) is 0 Å². The molecule has 2 unspecified atom stereocenters. The zero-order chi connectivity index (χ0) is 12.3. The molecule has 1 fully saturated rings. The molecule has 1 nitrogen and oxygen atoms in total. The topological polar surface area (TPSA) is 17.1 Å². The van der Waals surface area contributed by atoms with Crippen molar-refractivity contribution in [1.29, 1.82) is 0 Å². The Bertz CT molecular complexity index is 364. The van der Waals surface area contributed by atoms with Crippen LogP contribution in [0.2, 0.25) is 0 Å². The number of ketones is 1. The molecule has 1 aromatic carbocycles. The van der Waals surface area contributed by atoms with Crippen LogP contribution in [0.15, 0.2) is 30.3 Å². The van der Waals surface area contributed by atoms with Crippen molar-refractivity contribution >= 4 is 5.78 Å². The van der Waals surface area contributed by atoms with Crippen molar-refractivity contribution in [3.63, 3.8) is 0 Å². The lowest BCUT2D eigenvalue weighted by Crippen LogP contribution is -2.09. The summed E-state index contributed by atoms with van der Waals surface area (Å²) in [5, 5.41) is 0. The molecule has 1 aliphatic rings. The fourth-order valence-electron chi connectivity index (χ4n) is 2.63. The third-order valence-corrected chi connectivity index (χ3v) is 4.08. The van der Waals surface area contributed by atoms with Gasteiger partial charge < -0.3 is 0 Å². The molecule has 92 valence electrons. The van der Waals surface area contributed by atoms with Gasteiger partial charge in [0, 0.05) is 12.3 Å². The molecule has 1 saturated carbocycles. The highest BCUT2D eigenvalue weighted by molar-refractivity contribution is 5.85. The van der Waals surface area contributed by atoms with Gasteiger partial charge in [-0.2, -0.15) is 0 Å². The minimum atomic E-state index is 0.318. The SMILES string of the molecule is CCC(CC)CC(=O)C1CC1c1ccccc1. The zero-order valence-electron chi connectivity index (χ0n) is 10.9. The normalized spacial score (nSPS) is 22.8. The molecule has 0 heterocycles. The lowest BCUT2D eigenvalue weighted by atomic mass is 9.94. The molecule has 0 radical (unpaired) electrons. The fraction of sp³-hybridized carbons (Fsp3) is 0.562. The third kappa shape index (κ3) is 2.96. The largest absolute Gasteiger partial charge is 0.299 e. The number of carbonyl (C=O) groups excluding carboxylic acids is 1. The molecule has 1 aliphatic carbocycles. The van der Waals surface area contributed by atoms with Crippen molar-refractivity contribution in [2.24, 2.45) is 11.8 Å². The van der Waals surface area contributed by atoms with E-state index in [2.05, 4.69) is 38.1 Å². The first-order valence-electron chi connectivity index (χ1n) is 6.83. The molecular weight excluding hydrogens is 208 g/mol. The van der Waals surface area contributed by atoms with Crippen molar-refractivity contribution in [3.8, 4) is 0 Å². The van der Waals surface area contributed by atoms with Gasteiger partial charge in [-0.3, -0.25) is 4.79 Å². The van der Waals surface area contributed by atoms with Gasteiger partial charge in [-0.05, 0) is 23.8 Å². The number of rotatable bonds is 6. The highest BCUT2D eigenvalue weighted by Crippen LogP contribution is 2.48. The average molecular weight is 230 g/mol. The van der Waals surface area contributed by atoms with Gasteiger partial charge in [0.2, 0.25) is 0 Å². The minimum absolute atomic E-state index is 0.318. The van der Waals surface area contributed by atoms with Crippen molar-refractivity contribution in [3.05, 3.63) is 35.9 Å². The van der Waals surface area contributed by atoms with Crippen molar-refractivity contribution < 1.29 is 4.79 Å². The van der Waals surface area contributed by atoms with Crippen LogP contribution in [0.5, 0.6) is 0 Å². The summed E-state index contributed by atoms with van der Waals surface area (Å²) in [4.78, 5) is 12.1. The third-order valence-electron chi connectivity index (χ3n) is 4.08. The van der Waals surface area contributed by atoms with Crippen molar-refractivity contribution in [1.82, 2.24) is 0 Å². The van der Waals surface area contributed by atoms with Crippen LogP contribution < -0.4 is 0 Å². The van der Waals surface area contributed by atoms with E-state index in [1.807, 2.05) is 6.07 Å². The molecule has 17 heavy (non-hydrogen) atoms. The monoisotopic (exact) mass is 230 g/mol. The maximum absolute atomic E-state index is 12.1. The second kappa shape index (κ2) is 5.48. The fourth-order valence-corrected chi connectivity index (χ4v) is 2.63. The van der Waals surface area contributed by atoms with Gasteiger partial charge in [-0.1, -0.05) is 57.0 Å². The second-order valence-corrected chi connectivity index (χ2v) is 5.21. The quantitative estimate of drug-likeness (QED) is 0.716. The van der Waals surface area contributed by atoms with E-state index in [9.17, 15) is 4.79 Å². The molecule has 0 N–H and O–H groups in total.